The highest BCUT2D eigenvalue weighted by Crippen LogP contribution is 2.37. The molecule has 0 saturated heterocycles. The van der Waals surface area contributed by atoms with E-state index in [0.717, 1.165) is 38.5 Å². The summed E-state index contributed by atoms with van der Waals surface area (Å²) in [7, 11) is -4.78. The van der Waals surface area contributed by atoms with Gasteiger partial charge in [0.15, 0.2) is 0 Å². The van der Waals surface area contributed by atoms with E-state index in [-0.39, 0.29) is 5.41 Å². The lowest BCUT2D eigenvalue weighted by atomic mass is 9.92. The first-order valence-electron chi connectivity index (χ1n) is 16.3. The third-order valence-corrected chi connectivity index (χ3v) is 11.2. The van der Waals surface area contributed by atoms with Gasteiger partial charge in [0.1, 0.15) is 25.9 Å². The predicted molar refractivity (Wildman–Crippen MR) is 209 cm³/mol. The molecule has 0 radical (unpaired) electrons. The Labute approximate surface area is 297 Å². The molecule has 0 saturated carbocycles. The molecule has 0 bridgehead atoms. The lowest BCUT2D eigenvalue weighted by Crippen LogP contribution is -2.21. The number of fused-ring (bicyclic) bond motifs is 1. The normalized spacial score (nSPS) is 12.1. The number of aromatic nitrogens is 4. The zero-order valence-corrected chi connectivity index (χ0v) is 31.4. The standard InChI is InChI=1S/C38H41N7O4P2/c1-38(2,3)33-24-34(45(44-33)26-14-18-28(19-15-26)51(6,7)48)42-37(46)41-31-20-21-32(30-11-9-8-10-29(30)31)49-35-22-23-39-36(43-35)40-25-12-16-27(17-13-25)50(4,5)47/h8-24H,1-7H3,(H,39,40,43)(H2,41,42,46). The third kappa shape index (κ3) is 8.39. The number of benzene rings is 4. The maximum Gasteiger partial charge on any atom is 0.324 e. The molecule has 13 heteroatoms. The summed E-state index contributed by atoms with van der Waals surface area (Å²) in [5.41, 5.74) is 2.60. The van der Waals surface area contributed by atoms with Crippen molar-refractivity contribution in [2.45, 2.75) is 26.2 Å². The first-order chi connectivity index (χ1) is 24.0. The Morgan fingerprint density at radius 1 is 0.765 bits per heavy atom. The Morgan fingerprint density at radius 3 is 2.02 bits per heavy atom. The lowest BCUT2D eigenvalue weighted by Gasteiger charge is -2.15. The van der Waals surface area contributed by atoms with E-state index in [0.29, 0.717) is 29.1 Å². The molecular weight excluding hydrogens is 680 g/mol. The number of urea groups is 1. The maximum atomic E-state index is 13.5. The zero-order chi connectivity index (χ0) is 36.6. The third-order valence-electron chi connectivity index (χ3n) is 8.16. The van der Waals surface area contributed by atoms with Crippen LogP contribution in [0, 0.1) is 0 Å². The van der Waals surface area contributed by atoms with Crippen LogP contribution in [0.4, 0.5) is 27.9 Å². The van der Waals surface area contributed by atoms with Crippen LogP contribution in [-0.2, 0) is 14.5 Å². The minimum atomic E-state index is -2.42. The summed E-state index contributed by atoms with van der Waals surface area (Å²) < 4.78 is 32.9. The van der Waals surface area contributed by atoms with Gasteiger partial charge in [0.25, 0.3) is 0 Å². The number of nitrogens with one attached hydrogen (secondary N) is 3. The van der Waals surface area contributed by atoms with E-state index in [1.165, 1.54) is 0 Å². The molecule has 0 aliphatic heterocycles. The van der Waals surface area contributed by atoms with Crippen LogP contribution in [0.3, 0.4) is 0 Å². The highest BCUT2D eigenvalue weighted by Gasteiger charge is 2.22. The minimum absolute atomic E-state index is 0.268. The largest absolute Gasteiger partial charge is 0.438 e. The molecule has 2 heterocycles. The van der Waals surface area contributed by atoms with Crippen LogP contribution >= 0.6 is 14.3 Å². The highest BCUT2D eigenvalue weighted by molar-refractivity contribution is 7.70. The van der Waals surface area contributed by atoms with Crippen LogP contribution in [0.1, 0.15) is 26.5 Å². The molecule has 262 valence electrons. The monoisotopic (exact) mass is 721 g/mol. The van der Waals surface area contributed by atoms with Gasteiger partial charge >= 0.3 is 6.03 Å². The Kier molecular flexibility index (Phi) is 9.64. The molecule has 0 atom stereocenters. The van der Waals surface area contributed by atoms with Gasteiger partial charge in [-0.1, -0.05) is 45.0 Å². The Balaban J connectivity index is 1.21. The quantitative estimate of drug-likeness (QED) is 0.126. The van der Waals surface area contributed by atoms with Crippen LogP contribution < -0.4 is 31.3 Å². The molecule has 0 fully saturated rings. The maximum absolute atomic E-state index is 13.5. The van der Waals surface area contributed by atoms with Crippen LogP contribution in [0.25, 0.3) is 16.5 Å². The number of nitrogens with zero attached hydrogens (tertiary/aromatic N) is 4. The highest BCUT2D eigenvalue weighted by atomic mass is 31.2. The summed E-state index contributed by atoms with van der Waals surface area (Å²) in [6.45, 7) is 13.1. The zero-order valence-electron chi connectivity index (χ0n) is 29.6. The summed E-state index contributed by atoms with van der Waals surface area (Å²) in [5, 5.41) is 17.0. The molecule has 6 aromatic rings. The number of hydrogen-bond acceptors (Lipinski definition) is 8. The van der Waals surface area contributed by atoms with Gasteiger partial charge in [-0.15, -0.1) is 0 Å². The fourth-order valence-electron chi connectivity index (χ4n) is 5.33. The van der Waals surface area contributed by atoms with Crippen LogP contribution in [-0.4, -0.2) is 52.4 Å². The van der Waals surface area contributed by atoms with E-state index in [9.17, 15) is 13.9 Å². The van der Waals surface area contributed by atoms with Gasteiger partial charge in [-0.25, -0.2) is 14.5 Å². The van der Waals surface area contributed by atoms with Crippen molar-refractivity contribution in [3.63, 3.8) is 0 Å². The molecule has 11 nitrogen and oxygen atoms in total. The van der Waals surface area contributed by atoms with Crippen molar-refractivity contribution >= 4 is 64.8 Å². The van der Waals surface area contributed by atoms with Crippen molar-refractivity contribution in [1.29, 1.82) is 0 Å². The summed E-state index contributed by atoms with van der Waals surface area (Å²) in [4.78, 5) is 22.4. The van der Waals surface area contributed by atoms with Crippen molar-refractivity contribution in [3.05, 3.63) is 109 Å². The summed E-state index contributed by atoms with van der Waals surface area (Å²) in [6.07, 6.45) is 1.60. The second-order valence-corrected chi connectivity index (χ2v) is 20.5. The second-order valence-electron chi connectivity index (χ2n) is 14.0. The number of anilines is 4. The average molecular weight is 722 g/mol. The molecule has 6 rings (SSSR count). The van der Waals surface area contributed by atoms with E-state index >= 15 is 0 Å². The SMILES string of the molecule is CC(C)(C)c1cc(NC(=O)Nc2ccc(Oc3ccnc(Nc4ccc(P(C)(C)=O)cc4)n3)c3ccccc23)n(-c2ccc(P(C)(C)=O)cc2)n1. The van der Waals surface area contributed by atoms with Gasteiger partial charge in [-0.05, 0) is 87.3 Å². The van der Waals surface area contributed by atoms with E-state index < -0.39 is 20.3 Å². The van der Waals surface area contributed by atoms with Crippen molar-refractivity contribution in [1.82, 2.24) is 19.7 Å². The minimum Gasteiger partial charge on any atom is -0.438 e. The predicted octanol–water partition coefficient (Wildman–Crippen LogP) is 8.79. The molecule has 0 aliphatic carbocycles. The topological polar surface area (TPSA) is 140 Å². The van der Waals surface area contributed by atoms with Gasteiger partial charge in [-0.2, -0.15) is 10.1 Å². The van der Waals surface area contributed by atoms with E-state index in [1.807, 2.05) is 78.9 Å². The molecule has 4 aromatic carbocycles. The fraction of sp³-hybridized carbons (Fsp3) is 0.211. The molecule has 3 N–H and O–H groups in total. The molecular formula is C38H41N7O4P2. The number of rotatable bonds is 9. The van der Waals surface area contributed by atoms with E-state index in [1.54, 1.807) is 55.7 Å². The molecule has 2 amide bonds. The number of carbonyl (C=O) groups excluding carboxylic acids is 1. The Morgan fingerprint density at radius 2 is 1.39 bits per heavy atom. The molecule has 0 aliphatic rings. The Bertz CT molecular complexity index is 2320. The molecule has 51 heavy (non-hydrogen) atoms. The Hall–Kier alpha value is -5.24. The smallest absolute Gasteiger partial charge is 0.324 e. The van der Waals surface area contributed by atoms with Gasteiger partial charge in [-0.3, -0.25) is 5.32 Å². The van der Waals surface area contributed by atoms with Crippen molar-refractivity contribution < 1.29 is 18.7 Å². The molecule has 0 unspecified atom stereocenters. The van der Waals surface area contributed by atoms with Crippen molar-refractivity contribution in [2.24, 2.45) is 0 Å². The van der Waals surface area contributed by atoms with Crippen LogP contribution in [0.15, 0.2) is 103 Å². The average Bonchev–Trinajstić information content (AvgIpc) is 3.50. The van der Waals surface area contributed by atoms with Crippen LogP contribution in [0.5, 0.6) is 11.6 Å². The van der Waals surface area contributed by atoms with E-state index in [4.69, 9.17) is 9.84 Å². The lowest BCUT2D eigenvalue weighted by molar-refractivity contribution is 0.262. The van der Waals surface area contributed by atoms with Crippen molar-refractivity contribution in [3.8, 4) is 17.3 Å². The number of carbonyl (C=O) groups is 1. The van der Waals surface area contributed by atoms with Crippen molar-refractivity contribution in [2.75, 3.05) is 42.6 Å². The summed E-state index contributed by atoms with van der Waals surface area (Å²) in [6, 6.07) is 29.0. The first kappa shape index (κ1) is 35.6. The van der Waals surface area contributed by atoms with Crippen LogP contribution in [0.2, 0.25) is 0 Å². The van der Waals surface area contributed by atoms with Gasteiger partial charge in [0.05, 0.1) is 17.1 Å². The fourth-order valence-corrected chi connectivity index (χ4v) is 7.06. The van der Waals surface area contributed by atoms with Gasteiger partial charge in [0, 0.05) is 50.8 Å². The van der Waals surface area contributed by atoms with E-state index in [2.05, 4.69) is 46.7 Å². The number of ether oxygens (including phenoxy) is 1. The molecule has 2 aromatic heterocycles. The second kappa shape index (κ2) is 13.8. The number of hydrogen-bond donors (Lipinski definition) is 3. The first-order valence-corrected chi connectivity index (χ1v) is 21.5. The molecule has 0 spiro atoms. The van der Waals surface area contributed by atoms with Gasteiger partial charge in [0.2, 0.25) is 11.8 Å². The summed E-state index contributed by atoms with van der Waals surface area (Å²) >= 11 is 0. The summed E-state index contributed by atoms with van der Waals surface area (Å²) in [5.74, 6) is 1.71. The number of amides is 2. The van der Waals surface area contributed by atoms with Gasteiger partial charge < -0.3 is 24.5 Å².